The highest BCUT2D eigenvalue weighted by molar-refractivity contribution is 6.09. The summed E-state index contributed by atoms with van der Waals surface area (Å²) in [6.45, 7) is 0. The van der Waals surface area contributed by atoms with Gasteiger partial charge < -0.3 is 9.30 Å². The molecule has 4 rings (SSSR count). The molecule has 0 saturated heterocycles. The molecular weight excluding hydrogens is 286 g/mol. The third-order valence-corrected chi connectivity index (χ3v) is 4.13. The Morgan fingerprint density at radius 3 is 1.83 bits per heavy atom. The average Bonchev–Trinajstić information content (AvgIpc) is 2.96. The zero-order valence-electron chi connectivity index (χ0n) is 12.7. The lowest BCUT2D eigenvalue weighted by Crippen LogP contribution is -2.01. The summed E-state index contributed by atoms with van der Waals surface area (Å²) >= 11 is 0. The summed E-state index contributed by atoms with van der Waals surface area (Å²) in [5.74, 6) is -0.321. The average molecular weight is 301 g/mol. The van der Waals surface area contributed by atoms with Gasteiger partial charge in [-0.2, -0.15) is 0 Å². The third-order valence-electron chi connectivity index (χ3n) is 4.13. The van der Waals surface area contributed by atoms with Crippen LogP contribution in [0.25, 0.3) is 27.5 Å². The Bertz CT molecular complexity index is 960. The first-order chi connectivity index (χ1) is 11.3. The molecule has 0 radical (unpaired) electrons. The molecule has 1 aromatic heterocycles. The maximum atomic E-state index is 11.6. The van der Waals surface area contributed by atoms with Gasteiger partial charge in [0.05, 0.1) is 23.7 Å². The van der Waals surface area contributed by atoms with Crippen LogP contribution in [-0.4, -0.2) is 17.6 Å². The van der Waals surface area contributed by atoms with Crippen molar-refractivity contribution in [2.24, 2.45) is 0 Å². The minimum atomic E-state index is -0.321. The number of fused-ring (bicyclic) bond motifs is 3. The molecule has 0 N–H and O–H groups in total. The standard InChI is InChI=1S/C20H15NO2/c1-23-20(22)14-10-12-15(13-11-14)21-18-8-4-2-6-16(18)17-7-3-5-9-19(17)21/h2-13H,1H3. The minimum absolute atomic E-state index is 0.321. The van der Waals surface area contributed by atoms with Crippen molar-refractivity contribution in [3.8, 4) is 5.69 Å². The van der Waals surface area contributed by atoms with E-state index in [4.69, 9.17) is 4.74 Å². The lowest BCUT2D eigenvalue weighted by atomic mass is 10.2. The quantitative estimate of drug-likeness (QED) is 0.508. The van der Waals surface area contributed by atoms with Gasteiger partial charge in [0.15, 0.2) is 0 Å². The topological polar surface area (TPSA) is 31.2 Å². The molecule has 112 valence electrons. The van der Waals surface area contributed by atoms with Gasteiger partial charge in [-0.3, -0.25) is 0 Å². The molecule has 1 heterocycles. The molecule has 0 spiro atoms. The van der Waals surface area contributed by atoms with Crippen LogP contribution in [0.15, 0.2) is 72.8 Å². The van der Waals surface area contributed by atoms with Crippen molar-refractivity contribution in [1.29, 1.82) is 0 Å². The Balaban J connectivity index is 1.98. The molecule has 0 amide bonds. The first-order valence-corrected chi connectivity index (χ1v) is 7.46. The van der Waals surface area contributed by atoms with E-state index in [0.29, 0.717) is 5.56 Å². The Kier molecular flexibility index (Phi) is 3.12. The second-order valence-electron chi connectivity index (χ2n) is 5.41. The van der Waals surface area contributed by atoms with Crippen molar-refractivity contribution in [3.63, 3.8) is 0 Å². The van der Waals surface area contributed by atoms with Crippen molar-refractivity contribution in [2.75, 3.05) is 7.11 Å². The van der Waals surface area contributed by atoms with Crippen LogP contribution >= 0.6 is 0 Å². The fourth-order valence-corrected chi connectivity index (χ4v) is 3.07. The largest absolute Gasteiger partial charge is 0.465 e. The number of nitrogens with zero attached hydrogens (tertiary/aromatic N) is 1. The van der Waals surface area contributed by atoms with Gasteiger partial charge in [-0.05, 0) is 36.4 Å². The number of rotatable bonds is 2. The summed E-state index contributed by atoms with van der Waals surface area (Å²) < 4.78 is 6.98. The molecule has 3 nitrogen and oxygen atoms in total. The molecule has 3 aromatic carbocycles. The minimum Gasteiger partial charge on any atom is -0.465 e. The molecule has 3 heteroatoms. The van der Waals surface area contributed by atoms with Crippen LogP contribution < -0.4 is 0 Å². The normalized spacial score (nSPS) is 11.0. The second kappa shape index (κ2) is 5.29. The van der Waals surface area contributed by atoms with E-state index in [2.05, 4.69) is 41.0 Å². The second-order valence-corrected chi connectivity index (χ2v) is 5.41. The molecule has 0 atom stereocenters. The van der Waals surface area contributed by atoms with Crippen LogP contribution in [0, 0.1) is 0 Å². The number of methoxy groups -OCH3 is 1. The number of ether oxygens (including phenoxy) is 1. The first-order valence-electron chi connectivity index (χ1n) is 7.46. The summed E-state index contributed by atoms with van der Waals surface area (Å²) in [5.41, 5.74) is 3.88. The van der Waals surface area contributed by atoms with Gasteiger partial charge in [-0.25, -0.2) is 4.79 Å². The molecule has 0 aliphatic heterocycles. The zero-order valence-corrected chi connectivity index (χ0v) is 12.7. The molecule has 0 unspecified atom stereocenters. The van der Waals surface area contributed by atoms with E-state index in [1.165, 1.54) is 17.9 Å². The predicted octanol–water partition coefficient (Wildman–Crippen LogP) is 4.57. The molecule has 23 heavy (non-hydrogen) atoms. The number of hydrogen-bond donors (Lipinski definition) is 0. The van der Waals surface area contributed by atoms with Crippen LogP contribution in [-0.2, 0) is 4.74 Å². The summed E-state index contributed by atoms with van der Waals surface area (Å²) in [6.07, 6.45) is 0. The van der Waals surface area contributed by atoms with Gasteiger partial charge in [0.1, 0.15) is 0 Å². The molecule has 0 fully saturated rings. The SMILES string of the molecule is COC(=O)c1ccc(-n2c3ccccc3c3ccccc32)cc1. The van der Waals surface area contributed by atoms with Crippen molar-refractivity contribution >= 4 is 27.8 Å². The molecule has 0 saturated carbocycles. The van der Waals surface area contributed by atoms with Crippen molar-refractivity contribution in [1.82, 2.24) is 4.57 Å². The van der Waals surface area contributed by atoms with Gasteiger partial charge in [-0.1, -0.05) is 36.4 Å². The number of carbonyl (C=O) groups is 1. The molecule has 0 aliphatic carbocycles. The van der Waals surface area contributed by atoms with E-state index in [1.54, 1.807) is 12.1 Å². The Labute approximate surface area is 133 Å². The summed E-state index contributed by atoms with van der Waals surface area (Å²) in [5, 5.41) is 2.44. The van der Waals surface area contributed by atoms with Gasteiger partial charge in [0, 0.05) is 16.5 Å². The first kappa shape index (κ1) is 13.6. The fourth-order valence-electron chi connectivity index (χ4n) is 3.07. The Morgan fingerprint density at radius 1 is 0.783 bits per heavy atom. The van der Waals surface area contributed by atoms with E-state index in [0.717, 1.165) is 16.7 Å². The van der Waals surface area contributed by atoms with Crippen molar-refractivity contribution in [3.05, 3.63) is 78.4 Å². The number of benzene rings is 3. The van der Waals surface area contributed by atoms with Crippen LogP contribution in [0.2, 0.25) is 0 Å². The number of hydrogen-bond acceptors (Lipinski definition) is 2. The summed E-state index contributed by atoms with van der Waals surface area (Å²) in [6, 6.07) is 24.2. The highest BCUT2D eigenvalue weighted by atomic mass is 16.5. The summed E-state index contributed by atoms with van der Waals surface area (Å²) in [7, 11) is 1.39. The van der Waals surface area contributed by atoms with Crippen LogP contribution in [0.3, 0.4) is 0 Å². The monoisotopic (exact) mass is 301 g/mol. The van der Waals surface area contributed by atoms with Gasteiger partial charge in [-0.15, -0.1) is 0 Å². The van der Waals surface area contributed by atoms with Crippen molar-refractivity contribution < 1.29 is 9.53 Å². The van der Waals surface area contributed by atoms with Gasteiger partial charge in [0.2, 0.25) is 0 Å². The Hall–Kier alpha value is -3.07. The third kappa shape index (κ3) is 2.09. The lowest BCUT2D eigenvalue weighted by Gasteiger charge is -2.08. The molecule has 0 bridgehead atoms. The smallest absolute Gasteiger partial charge is 0.337 e. The number of esters is 1. The lowest BCUT2D eigenvalue weighted by molar-refractivity contribution is 0.0601. The van der Waals surface area contributed by atoms with Crippen LogP contribution in [0.1, 0.15) is 10.4 Å². The predicted molar refractivity (Wildman–Crippen MR) is 92.1 cm³/mol. The van der Waals surface area contributed by atoms with Gasteiger partial charge in [0.25, 0.3) is 0 Å². The van der Waals surface area contributed by atoms with E-state index < -0.39 is 0 Å². The van der Waals surface area contributed by atoms with Crippen LogP contribution in [0.4, 0.5) is 0 Å². The maximum Gasteiger partial charge on any atom is 0.337 e. The maximum absolute atomic E-state index is 11.6. The van der Waals surface area contributed by atoms with E-state index in [-0.39, 0.29) is 5.97 Å². The van der Waals surface area contributed by atoms with Crippen LogP contribution in [0.5, 0.6) is 0 Å². The highest BCUT2D eigenvalue weighted by Gasteiger charge is 2.12. The fraction of sp³-hybridized carbons (Fsp3) is 0.0500. The van der Waals surface area contributed by atoms with E-state index in [1.807, 2.05) is 24.3 Å². The molecule has 4 aromatic rings. The van der Waals surface area contributed by atoms with Gasteiger partial charge >= 0.3 is 5.97 Å². The number of para-hydroxylation sites is 2. The zero-order chi connectivity index (χ0) is 15.8. The van der Waals surface area contributed by atoms with E-state index in [9.17, 15) is 4.79 Å². The number of aromatic nitrogens is 1. The number of carbonyl (C=O) groups excluding carboxylic acids is 1. The molecular formula is C20H15NO2. The Morgan fingerprint density at radius 2 is 1.30 bits per heavy atom. The molecule has 0 aliphatic rings. The van der Waals surface area contributed by atoms with E-state index >= 15 is 0 Å². The van der Waals surface area contributed by atoms with Crippen molar-refractivity contribution in [2.45, 2.75) is 0 Å². The highest BCUT2D eigenvalue weighted by Crippen LogP contribution is 2.31. The summed E-state index contributed by atoms with van der Waals surface area (Å²) in [4.78, 5) is 11.6.